The Labute approximate surface area is 264 Å². The molecular weight excluding hydrogens is 554 g/mol. The van der Waals surface area contributed by atoms with Crippen LogP contribution in [-0.4, -0.2) is 16.2 Å². The summed E-state index contributed by atoms with van der Waals surface area (Å²) < 4.78 is 8.70. The van der Waals surface area contributed by atoms with Crippen molar-refractivity contribution in [1.29, 1.82) is 5.26 Å². The van der Waals surface area contributed by atoms with Crippen molar-refractivity contribution in [3.8, 4) is 23.4 Å². The van der Waals surface area contributed by atoms with Crippen LogP contribution in [0.2, 0.25) is 0 Å². The van der Waals surface area contributed by atoms with E-state index in [2.05, 4.69) is 116 Å². The number of para-hydroxylation sites is 1. The molecule has 0 N–H and O–H groups in total. The first-order valence-electron chi connectivity index (χ1n) is 15.2. The maximum atomic E-state index is 9.63. The summed E-state index contributed by atoms with van der Waals surface area (Å²) in [7, 11) is 0. The van der Waals surface area contributed by atoms with E-state index in [1.807, 2.05) is 48.7 Å². The molecule has 0 radical (unpaired) electrons. The number of pyridine rings is 1. The maximum absolute atomic E-state index is 9.63. The number of aromatic nitrogens is 2. The molecule has 0 saturated carbocycles. The van der Waals surface area contributed by atoms with Crippen LogP contribution in [0.3, 0.4) is 0 Å². The van der Waals surface area contributed by atoms with Crippen LogP contribution in [0, 0.1) is 11.3 Å². The molecule has 3 heterocycles. The molecule has 6 heteroatoms. The lowest BCUT2D eigenvalue weighted by Crippen LogP contribution is -2.26. The van der Waals surface area contributed by atoms with E-state index in [0.29, 0.717) is 5.56 Å². The standard InChI is InChI=1S/C39H35N5O/c1-26-27(2)43(25-42(26)30-10-7-6-8-11-30)31-12-9-13-32(22-31)45-33-15-16-34-35-20-28(24-40)14-17-36(35)44(37(34)23-33)38-21-29(18-19-41-38)39(3,4)5/h6-23H,25H2,1-5H3. The summed E-state index contributed by atoms with van der Waals surface area (Å²) in [5.74, 6) is 2.32. The van der Waals surface area contributed by atoms with Crippen molar-refractivity contribution in [1.82, 2.24) is 9.55 Å². The van der Waals surface area contributed by atoms with Gasteiger partial charge in [-0.25, -0.2) is 4.98 Å². The molecule has 1 aliphatic heterocycles. The third-order valence-electron chi connectivity index (χ3n) is 8.76. The van der Waals surface area contributed by atoms with Crippen LogP contribution in [0.1, 0.15) is 45.7 Å². The second-order valence-corrected chi connectivity index (χ2v) is 12.6. The van der Waals surface area contributed by atoms with Gasteiger partial charge < -0.3 is 14.5 Å². The molecule has 7 rings (SSSR count). The van der Waals surface area contributed by atoms with Crippen LogP contribution in [0.25, 0.3) is 27.6 Å². The fourth-order valence-electron chi connectivity index (χ4n) is 6.14. The van der Waals surface area contributed by atoms with Gasteiger partial charge in [0.15, 0.2) is 0 Å². The summed E-state index contributed by atoms with van der Waals surface area (Å²) in [5, 5.41) is 11.7. The average Bonchev–Trinajstić information content (AvgIpc) is 3.53. The quantitative estimate of drug-likeness (QED) is 0.200. The number of nitriles is 1. The second kappa shape index (κ2) is 10.9. The minimum absolute atomic E-state index is 0.0245. The van der Waals surface area contributed by atoms with E-state index in [1.165, 1.54) is 22.6 Å². The normalized spacial score (nSPS) is 13.6. The molecule has 45 heavy (non-hydrogen) atoms. The fourth-order valence-corrected chi connectivity index (χ4v) is 6.14. The zero-order valence-corrected chi connectivity index (χ0v) is 26.2. The topological polar surface area (TPSA) is 57.3 Å². The third-order valence-corrected chi connectivity index (χ3v) is 8.76. The molecule has 0 saturated heterocycles. The lowest BCUT2D eigenvalue weighted by Gasteiger charge is -2.24. The lowest BCUT2D eigenvalue weighted by atomic mass is 9.88. The van der Waals surface area contributed by atoms with E-state index in [1.54, 1.807) is 0 Å². The van der Waals surface area contributed by atoms with Gasteiger partial charge in [-0.3, -0.25) is 4.57 Å². The van der Waals surface area contributed by atoms with Crippen molar-refractivity contribution in [3.05, 3.63) is 132 Å². The number of hydrogen-bond acceptors (Lipinski definition) is 5. The number of hydrogen-bond donors (Lipinski definition) is 0. The fraction of sp³-hybridized carbons (Fsp3) is 0.179. The Hall–Kier alpha value is -5.54. The molecule has 1 aliphatic rings. The van der Waals surface area contributed by atoms with Gasteiger partial charge in [-0.2, -0.15) is 5.26 Å². The first-order chi connectivity index (χ1) is 21.7. The summed E-state index contributed by atoms with van der Waals surface area (Å²) >= 11 is 0. The number of allylic oxidation sites excluding steroid dienone is 2. The minimum atomic E-state index is -0.0245. The van der Waals surface area contributed by atoms with Crippen molar-refractivity contribution in [3.63, 3.8) is 0 Å². The van der Waals surface area contributed by atoms with E-state index < -0.39 is 0 Å². The predicted octanol–water partition coefficient (Wildman–Crippen LogP) is 9.68. The molecule has 6 nitrogen and oxygen atoms in total. The number of fused-ring (bicyclic) bond motifs is 3. The van der Waals surface area contributed by atoms with Crippen molar-refractivity contribution in [2.75, 3.05) is 16.5 Å². The highest BCUT2D eigenvalue weighted by Crippen LogP contribution is 2.38. The number of rotatable bonds is 5. The van der Waals surface area contributed by atoms with Crippen LogP contribution in [-0.2, 0) is 5.41 Å². The molecule has 0 spiro atoms. The average molecular weight is 590 g/mol. The van der Waals surface area contributed by atoms with Crippen LogP contribution < -0.4 is 14.5 Å². The van der Waals surface area contributed by atoms with E-state index >= 15 is 0 Å². The van der Waals surface area contributed by atoms with Gasteiger partial charge in [0.05, 0.1) is 29.3 Å². The van der Waals surface area contributed by atoms with E-state index in [9.17, 15) is 5.26 Å². The molecule has 0 unspecified atom stereocenters. The van der Waals surface area contributed by atoms with E-state index in [-0.39, 0.29) is 5.41 Å². The molecule has 4 aromatic carbocycles. The molecular formula is C39H35N5O. The highest BCUT2D eigenvalue weighted by molar-refractivity contribution is 6.10. The van der Waals surface area contributed by atoms with Crippen molar-refractivity contribution in [2.24, 2.45) is 0 Å². The molecule has 222 valence electrons. The molecule has 0 amide bonds. The summed E-state index contributed by atoms with van der Waals surface area (Å²) in [6.45, 7) is 11.7. The Kier molecular flexibility index (Phi) is 6.82. The molecule has 0 aliphatic carbocycles. The number of nitrogens with zero attached hydrogens (tertiary/aromatic N) is 5. The van der Waals surface area contributed by atoms with Crippen LogP contribution in [0.15, 0.2) is 121 Å². The van der Waals surface area contributed by atoms with Gasteiger partial charge in [0.25, 0.3) is 0 Å². The monoisotopic (exact) mass is 589 g/mol. The molecule has 0 bridgehead atoms. The van der Waals surface area contributed by atoms with Crippen LogP contribution >= 0.6 is 0 Å². The Morgan fingerprint density at radius 1 is 0.711 bits per heavy atom. The second-order valence-electron chi connectivity index (χ2n) is 12.6. The van der Waals surface area contributed by atoms with Gasteiger partial charge in [0, 0.05) is 51.9 Å². The maximum Gasteiger partial charge on any atom is 0.137 e. The smallest absolute Gasteiger partial charge is 0.137 e. The van der Waals surface area contributed by atoms with Crippen molar-refractivity contribution in [2.45, 2.75) is 40.0 Å². The van der Waals surface area contributed by atoms with E-state index in [0.717, 1.165) is 51.5 Å². The summed E-state index contributed by atoms with van der Waals surface area (Å²) in [6, 6.07) is 37.2. The van der Waals surface area contributed by atoms with Crippen molar-refractivity contribution >= 4 is 33.2 Å². The summed E-state index contributed by atoms with van der Waals surface area (Å²) in [6.07, 6.45) is 1.87. The van der Waals surface area contributed by atoms with Gasteiger partial charge in [-0.15, -0.1) is 0 Å². The lowest BCUT2D eigenvalue weighted by molar-refractivity contribution is 0.483. The zero-order chi connectivity index (χ0) is 31.3. The number of benzene rings is 4. The SMILES string of the molecule is CC1=C(C)N(c2cccc(Oc3ccc4c5cc(C#N)ccc5n(-c5cc(C(C)(C)C)ccn5)c4c3)c2)CN1c1ccccc1. The Balaban J connectivity index is 1.27. The van der Waals surface area contributed by atoms with E-state index in [4.69, 9.17) is 9.72 Å². The Morgan fingerprint density at radius 2 is 1.44 bits per heavy atom. The number of ether oxygens (including phenoxy) is 1. The van der Waals surface area contributed by atoms with Gasteiger partial charge >= 0.3 is 0 Å². The molecule has 6 aromatic rings. The van der Waals surface area contributed by atoms with Gasteiger partial charge in [0.2, 0.25) is 0 Å². The minimum Gasteiger partial charge on any atom is -0.457 e. The third kappa shape index (κ3) is 5.07. The number of anilines is 2. The highest BCUT2D eigenvalue weighted by atomic mass is 16.5. The first kappa shape index (κ1) is 28.2. The molecule has 2 aromatic heterocycles. The highest BCUT2D eigenvalue weighted by Gasteiger charge is 2.26. The van der Waals surface area contributed by atoms with Gasteiger partial charge in [-0.05, 0) is 91.6 Å². The predicted molar refractivity (Wildman–Crippen MR) is 183 cm³/mol. The first-order valence-corrected chi connectivity index (χ1v) is 15.2. The molecule has 0 atom stereocenters. The van der Waals surface area contributed by atoms with Gasteiger partial charge in [-0.1, -0.05) is 45.0 Å². The van der Waals surface area contributed by atoms with Crippen molar-refractivity contribution < 1.29 is 4.74 Å². The summed E-state index contributed by atoms with van der Waals surface area (Å²) in [4.78, 5) is 9.44. The zero-order valence-electron chi connectivity index (χ0n) is 26.2. The van der Waals surface area contributed by atoms with Gasteiger partial charge in [0.1, 0.15) is 17.3 Å². The Bertz CT molecular complexity index is 2150. The van der Waals surface area contributed by atoms with Crippen LogP contribution in [0.4, 0.5) is 11.4 Å². The largest absolute Gasteiger partial charge is 0.457 e. The van der Waals surface area contributed by atoms with Crippen LogP contribution in [0.5, 0.6) is 11.5 Å². The Morgan fingerprint density at radius 3 is 2.20 bits per heavy atom. The molecule has 0 fully saturated rings. The summed E-state index contributed by atoms with van der Waals surface area (Å²) in [5.41, 5.74) is 8.47.